The number of hydrogen-bond acceptors (Lipinski definition) is 5. The van der Waals surface area contributed by atoms with Gasteiger partial charge in [-0.05, 0) is 70.6 Å². The second-order valence-corrected chi connectivity index (χ2v) is 12.0. The molecule has 0 aromatic heterocycles. The minimum atomic E-state index is -3.92. The van der Waals surface area contributed by atoms with Crippen LogP contribution in [0.4, 0.5) is 0 Å². The second kappa shape index (κ2) is 12.0. The smallest absolute Gasteiger partial charge is 0.250 e. The van der Waals surface area contributed by atoms with Gasteiger partial charge in [0.05, 0.1) is 22.5 Å². The fraction of sp³-hybridized carbons (Fsp3) is 0.519. The molecule has 0 bridgehead atoms. The SMILES string of the molecule is CC(C)(C)ONC(=O)C(CCCc1ccccc1)C(OC1CCCC1)S(=O)(=O)c1ccccc1. The number of sulfone groups is 1. The van der Waals surface area contributed by atoms with Crippen LogP contribution in [0.5, 0.6) is 0 Å². The third kappa shape index (κ3) is 7.65. The highest BCUT2D eigenvalue weighted by atomic mass is 32.2. The van der Waals surface area contributed by atoms with Gasteiger partial charge < -0.3 is 4.74 Å². The fourth-order valence-corrected chi connectivity index (χ4v) is 5.98. The van der Waals surface area contributed by atoms with Crippen molar-refractivity contribution in [2.45, 2.75) is 87.8 Å². The molecule has 2 atom stereocenters. The molecule has 1 aliphatic rings. The zero-order valence-corrected chi connectivity index (χ0v) is 21.2. The summed E-state index contributed by atoms with van der Waals surface area (Å²) >= 11 is 0. The maximum Gasteiger partial charge on any atom is 0.250 e. The molecule has 0 heterocycles. The molecule has 34 heavy (non-hydrogen) atoms. The van der Waals surface area contributed by atoms with Crippen molar-refractivity contribution < 1.29 is 22.8 Å². The van der Waals surface area contributed by atoms with Crippen molar-refractivity contribution in [1.29, 1.82) is 0 Å². The van der Waals surface area contributed by atoms with Crippen LogP contribution in [0.15, 0.2) is 65.6 Å². The summed E-state index contributed by atoms with van der Waals surface area (Å²) in [5.74, 6) is -1.37. The first-order chi connectivity index (χ1) is 16.2. The Morgan fingerprint density at radius 3 is 2.18 bits per heavy atom. The number of hydroxylamine groups is 1. The van der Waals surface area contributed by atoms with E-state index >= 15 is 0 Å². The van der Waals surface area contributed by atoms with Crippen molar-refractivity contribution >= 4 is 15.7 Å². The lowest BCUT2D eigenvalue weighted by molar-refractivity contribution is -0.154. The minimum Gasteiger partial charge on any atom is -0.358 e. The topological polar surface area (TPSA) is 81.7 Å². The summed E-state index contributed by atoms with van der Waals surface area (Å²) in [6.07, 6.45) is 5.18. The van der Waals surface area contributed by atoms with E-state index < -0.39 is 32.7 Å². The summed E-state index contributed by atoms with van der Waals surface area (Å²) in [5.41, 5.74) is 1.78. The van der Waals surface area contributed by atoms with Crippen molar-refractivity contribution in [2.24, 2.45) is 5.92 Å². The second-order valence-electron chi connectivity index (χ2n) is 9.93. The molecule has 1 N–H and O–H groups in total. The molecule has 1 amide bonds. The van der Waals surface area contributed by atoms with E-state index in [0.717, 1.165) is 37.7 Å². The summed E-state index contributed by atoms with van der Waals surface area (Å²) in [7, 11) is -3.92. The lowest BCUT2D eigenvalue weighted by Crippen LogP contribution is -2.46. The van der Waals surface area contributed by atoms with E-state index in [9.17, 15) is 13.2 Å². The normalized spacial score (nSPS) is 16.8. The predicted molar refractivity (Wildman–Crippen MR) is 133 cm³/mol. The Labute approximate surface area is 203 Å². The number of benzene rings is 2. The zero-order valence-electron chi connectivity index (χ0n) is 20.4. The van der Waals surface area contributed by atoms with E-state index in [-0.39, 0.29) is 11.0 Å². The van der Waals surface area contributed by atoms with Gasteiger partial charge in [0, 0.05) is 0 Å². The Hall–Kier alpha value is -2.22. The number of carbonyl (C=O) groups is 1. The molecule has 1 saturated carbocycles. The Morgan fingerprint density at radius 2 is 1.59 bits per heavy atom. The third-order valence-electron chi connectivity index (χ3n) is 5.95. The van der Waals surface area contributed by atoms with Crippen molar-refractivity contribution in [3.8, 4) is 0 Å². The van der Waals surface area contributed by atoms with Crippen LogP contribution in [-0.2, 0) is 30.6 Å². The summed E-state index contributed by atoms with van der Waals surface area (Å²) in [5, 5.41) is 0. The molecule has 1 fully saturated rings. The highest BCUT2D eigenvalue weighted by molar-refractivity contribution is 7.92. The summed E-state index contributed by atoms with van der Waals surface area (Å²) < 4.78 is 33.8. The zero-order chi connectivity index (χ0) is 24.6. The Bertz CT molecular complexity index is 996. The van der Waals surface area contributed by atoms with Crippen LogP contribution in [0.1, 0.15) is 64.9 Å². The first kappa shape index (κ1) is 26.4. The molecule has 2 unspecified atom stereocenters. The summed E-state index contributed by atoms with van der Waals surface area (Å²) in [6, 6.07) is 18.2. The molecular weight excluding hydrogens is 450 g/mol. The number of amides is 1. The molecule has 0 saturated heterocycles. The lowest BCUT2D eigenvalue weighted by Gasteiger charge is -2.30. The Morgan fingerprint density at radius 1 is 1.00 bits per heavy atom. The van der Waals surface area contributed by atoms with Crippen molar-refractivity contribution in [2.75, 3.05) is 0 Å². The summed E-state index contributed by atoms with van der Waals surface area (Å²) in [6.45, 7) is 5.47. The van der Waals surface area contributed by atoms with Gasteiger partial charge in [0.1, 0.15) is 0 Å². The van der Waals surface area contributed by atoms with Crippen molar-refractivity contribution in [1.82, 2.24) is 5.48 Å². The first-order valence-corrected chi connectivity index (χ1v) is 13.7. The standard InChI is InChI=1S/C27H37NO5S/c1-27(2,3)33-28-25(29)24(20-12-15-21-13-6-4-7-14-21)26(32-22-16-10-11-17-22)34(30,31)23-18-8-5-9-19-23/h4-9,13-14,18-19,22,24,26H,10-12,15-17,20H2,1-3H3,(H,28,29). The maximum atomic E-state index is 13.8. The van der Waals surface area contributed by atoms with Gasteiger partial charge in [-0.1, -0.05) is 61.4 Å². The highest BCUT2D eigenvalue weighted by Gasteiger charge is 2.42. The Kier molecular flexibility index (Phi) is 9.28. The largest absolute Gasteiger partial charge is 0.358 e. The molecule has 2 aromatic rings. The van der Waals surface area contributed by atoms with Crippen LogP contribution in [0.2, 0.25) is 0 Å². The van der Waals surface area contributed by atoms with Crippen LogP contribution in [0.25, 0.3) is 0 Å². The average molecular weight is 488 g/mol. The summed E-state index contributed by atoms with van der Waals surface area (Å²) in [4.78, 5) is 19.0. The number of rotatable bonds is 11. The molecule has 0 aliphatic heterocycles. The van der Waals surface area contributed by atoms with Crippen LogP contribution in [-0.4, -0.2) is 31.5 Å². The quantitative estimate of drug-likeness (QED) is 0.439. The van der Waals surface area contributed by atoms with Crippen LogP contribution in [0, 0.1) is 5.92 Å². The monoisotopic (exact) mass is 487 g/mol. The molecule has 0 radical (unpaired) electrons. The molecular formula is C27H37NO5S. The van der Waals surface area contributed by atoms with E-state index in [1.807, 2.05) is 51.1 Å². The molecule has 1 aliphatic carbocycles. The van der Waals surface area contributed by atoms with E-state index in [4.69, 9.17) is 9.57 Å². The molecule has 6 nitrogen and oxygen atoms in total. The minimum absolute atomic E-state index is 0.163. The molecule has 3 rings (SSSR count). The first-order valence-electron chi connectivity index (χ1n) is 12.1. The maximum absolute atomic E-state index is 13.8. The van der Waals surface area contributed by atoms with Gasteiger partial charge >= 0.3 is 0 Å². The van der Waals surface area contributed by atoms with Crippen molar-refractivity contribution in [3.05, 3.63) is 66.2 Å². The van der Waals surface area contributed by atoms with Gasteiger partial charge in [0.15, 0.2) is 5.44 Å². The van der Waals surface area contributed by atoms with Gasteiger partial charge in [-0.2, -0.15) is 0 Å². The highest BCUT2D eigenvalue weighted by Crippen LogP contribution is 2.32. The number of carbonyl (C=O) groups excluding carboxylic acids is 1. The number of aryl methyl sites for hydroxylation is 1. The van der Waals surface area contributed by atoms with Crippen LogP contribution >= 0.6 is 0 Å². The van der Waals surface area contributed by atoms with E-state index in [0.29, 0.717) is 12.8 Å². The number of nitrogens with one attached hydrogen (secondary N) is 1. The van der Waals surface area contributed by atoms with E-state index in [2.05, 4.69) is 5.48 Å². The number of hydrogen-bond donors (Lipinski definition) is 1. The molecule has 0 spiro atoms. The average Bonchev–Trinajstić information content (AvgIpc) is 3.33. The van der Waals surface area contributed by atoms with Crippen molar-refractivity contribution in [3.63, 3.8) is 0 Å². The lowest BCUT2D eigenvalue weighted by atomic mass is 9.99. The fourth-order valence-electron chi connectivity index (χ4n) is 4.18. The van der Waals surface area contributed by atoms with Crippen LogP contribution < -0.4 is 5.48 Å². The predicted octanol–water partition coefficient (Wildman–Crippen LogP) is 5.23. The van der Waals surface area contributed by atoms with Gasteiger partial charge in [0.25, 0.3) is 0 Å². The van der Waals surface area contributed by atoms with E-state index in [1.54, 1.807) is 30.3 Å². The van der Waals surface area contributed by atoms with Gasteiger partial charge in [0.2, 0.25) is 15.7 Å². The van der Waals surface area contributed by atoms with Gasteiger partial charge in [-0.15, -0.1) is 0 Å². The van der Waals surface area contributed by atoms with Crippen LogP contribution in [0.3, 0.4) is 0 Å². The Balaban J connectivity index is 1.88. The van der Waals surface area contributed by atoms with E-state index in [1.165, 1.54) is 0 Å². The molecule has 2 aromatic carbocycles. The third-order valence-corrected chi connectivity index (χ3v) is 7.93. The molecule has 186 valence electrons. The van der Waals surface area contributed by atoms with Gasteiger partial charge in [-0.3, -0.25) is 9.63 Å². The number of ether oxygens (including phenoxy) is 1. The molecule has 7 heteroatoms. The van der Waals surface area contributed by atoms with Gasteiger partial charge in [-0.25, -0.2) is 13.9 Å².